The van der Waals surface area contributed by atoms with Gasteiger partial charge in [0.05, 0.1) is 10.5 Å². The van der Waals surface area contributed by atoms with Gasteiger partial charge in [-0.2, -0.15) is 0 Å². The van der Waals surface area contributed by atoms with Crippen molar-refractivity contribution in [2.75, 3.05) is 0 Å². The van der Waals surface area contributed by atoms with Crippen molar-refractivity contribution < 1.29 is 8.42 Å². The Balaban J connectivity index is 2.51. The second kappa shape index (κ2) is 5.78. The lowest BCUT2D eigenvalue weighted by Crippen LogP contribution is -2.10. The van der Waals surface area contributed by atoms with E-state index >= 15 is 0 Å². The second-order valence-corrected chi connectivity index (χ2v) is 7.32. The van der Waals surface area contributed by atoms with Gasteiger partial charge in [-0.3, -0.25) is 4.85 Å². The lowest BCUT2D eigenvalue weighted by atomic mass is 10.2. The van der Waals surface area contributed by atoms with Gasteiger partial charge in [0.1, 0.15) is 0 Å². The molecule has 0 heterocycles. The SMILES string of the molecule is [C-]#[N+][C@H](c1cccc(Br)c1)S(=O)(=O)c1ccc(C)cc1. The van der Waals surface area contributed by atoms with Gasteiger partial charge in [-0.1, -0.05) is 45.8 Å². The van der Waals surface area contributed by atoms with E-state index in [4.69, 9.17) is 6.57 Å². The van der Waals surface area contributed by atoms with Crippen molar-refractivity contribution in [1.82, 2.24) is 0 Å². The number of halogens is 1. The number of hydrogen-bond acceptors (Lipinski definition) is 2. The minimum atomic E-state index is -3.71. The number of aryl methyl sites for hydroxylation is 1. The van der Waals surface area contributed by atoms with Crippen LogP contribution in [-0.4, -0.2) is 8.42 Å². The third-order valence-electron chi connectivity index (χ3n) is 2.89. The molecule has 2 aromatic carbocycles. The zero-order chi connectivity index (χ0) is 14.8. The van der Waals surface area contributed by atoms with E-state index < -0.39 is 15.2 Å². The average molecular weight is 350 g/mol. The second-order valence-electron chi connectivity index (χ2n) is 4.39. The molecule has 1 atom stereocenters. The van der Waals surface area contributed by atoms with Crippen LogP contribution in [0.2, 0.25) is 0 Å². The van der Waals surface area contributed by atoms with Crippen LogP contribution >= 0.6 is 15.9 Å². The van der Waals surface area contributed by atoms with E-state index in [9.17, 15) is 8.42 Å². The third-order valence-corrected chi connectivity index (χ3v) is 5.28. The van der Waals surface area contributed by atoms with E-state index in [1.807, 2.05) is 6.92 Å². The van der Waals surface area contributed by atoms with E-state index in [0.29, 0.717) is 5.56 Å². The Kier molecular flexibility index (Phi) is 4.26. The Labute approximate surface area is 127 Å². The summed E-state index contributed by atoms with van der Waals surface area (Å²) in [6.07, 6.45) is 0. The molecule has 0 fully saturated rings. The van der Waals surface area contributed by atoms with Gasteiger partial charge in [0.25, 0.3) is 9.84 Å². The predicted octanol–water partition coefficient (Wildman–Crippen LogP) is 4.15. The van der Waals surface area contributed by atoms with Crippen LogP contribution in [0.3, 0.4) is 0 Å². The van der Waals surface area contributed by atoms with Gasteiger partial charge in [0, 0.05) is 4.47 Å². The van der Waals surface area contributed by atoms with Crippen LogP contribution < -0.4 is 0 Å². The van der Waals surface area contributed by atoms with E-state index in [1.165, 1.54) is 0 Å². The quantitative estimate of drug-likeness (QED) is 0.780. The van der Waals surface area contributed by atoms with Gasteiger partial charge >= 0.3 is 5.37 Å². The van der Waals surface area contributed by atoms with E-state index in [-0.39, 0.29) is 4.90 Å². The molecule has 3 nitrogen and oxygen atoms in total. The number of sulfone groups is 1. The van der Waals surface area contributed by atoms with E-state index in [2.05, 4.69) is 20.8 Å². The predicted molar refractivity (Wildman–Crippen MR) is 81.8 cm³/mol. The first-order chi connectivity index (χ1) is 9.45. The molecule has 0 radical (unpaired) electrons. The summed E-state index contributed by atoms with van der Waals surface area (Å²) in [4.78, 5) is 3.48. The van der Waals surface area contributed by atoms with Gasteiger partial charge in [-0.05, 0) is 31.2 Å². The molecule has 0 saturated carbocycles. The number of nitrogens with zero attached hydrogens (tertiary/aromatic N) is 1. The first-order valence-electron chi connectivity index (χ1n) is 5.88. The monoisotopic (exact) mass is 349 g/mol. The summed E-state index contributed by atoms with van der Waals surface area (Å²) < 4.78 is 25.9. The van der Waals surface area contributed by atoms with Crippen molar-refractivity contribution >= 4 is 25.8 Å². The zero-order valence-corrected chi connectivity index (χ0v) is 13.1. The highest BCUT2D eigenvalue weighted by Crippen LogP contribution is 2.31. The molecular weight excluding hydrogens is 338 g/mol. The Morgan fingerprint density at radius 2 is 1.80 bits per heavy atom. The van der Waals surface area contributed by atoms with Crippen molar-refractivity contribution in [3.05, 3.63) is 75.5 Å². The molecule has 5 heteroatoms. The number of benzene rings is 2. The molecule has 0 aliphatic rings. The summed E-state index contributed by atoms with van der Waals surface area (Å²) in [6, 6.07) is 13.4. The maximum absolute atomic E-state index is 12.6. The minimum Gasteiger partial charge on any atom is -0.291 e. The molecule has 0 aromatic heterocycles. The summed E-state index contributed by atoms with van der Waals surface area (Å²) in [5.74, 6) is 0. The average Bonchev–Trinajstić information content (AvgIpc) is 2.40. The Morgan fingerprint density at radius 1 is 1.15 bits per heavy atom. The molecule has 0 amide bonds. The van der Waals surface area contributed by atoms with Crippen molar-refractivity contribution in [2.24, 2.45) is 0 Å². The van der Waals surface area contributed by atoms with Crippen molar-refractivity contribution in [3.8, 4) is 0 Å². The highest BCUT2D eigenvalue weighted by Gasteiger charge is 2.34. The van der Waals surface area contributed by atoms with Crippen molar-refractivity contribution in [2.45, 2.75) is 17.2 Å². The highest BCUT2D eigenvalue weighted by molar-refractivity contribution is 9.10. The third kappa shape index (κ3) is 2.92. The molecule has 0 aliphatic carbocycles. The molecule has 102 valence electrons. The van der Waals surface area contributed by atoms with Crippen LogP contribution in [0.1, 0.15) is 16.5 Å². The van der Waals surface area contributed by atoms with Crippen LogP contribution in [0.15, 0.2) is 57.9 Å². The van der Waals surface area contributed by atoms with Crippen LogP contribution in [0.5, 0.6) is 0 Å². The van der Waals surface area contributed by atoms with Gasteiger partial charge in [-0.25, -0.2) is 15.0 Å². The maximum Gasteiger partial charge on any atom is 0.350 e. The molecule has 0 unspecified atom stereocenters. The summed E-state index contributed by atoms with van der Waals surface area (Å²) in [7, 11) is -3.71. The lowest BCUT2D eigenvalue weighted by molar-refractivity contribution is 0.590. The van der Waals surface area contributed by atoms with Crippen molar-refractivity contribution in [3.63, 3.8) is 0 Å². The van der Waals surface area contributed by atoms with Crippen LogP contribution in [0.25, 0.3) is 4.85 Å². The van der Waals surface area contributed by atoms with E-state index in [1.54, 1.807) is 48.5 Å². The molecule has 2 aromatic rings. The minimum absolute atomic E-state index is 0.170. The topological polar surface area (TPSA) is 38.5 Å². The normalized spacial score (nSPS) is 12.7. The molecule has 0 bridgehead atoms. The molecule has 2 rings (SSSR count). The van der Waals surface area contributed by atoms with Crippen molar-refractivity contribution in [1.29, 1.82) is 0 Å². The molecular formula is C15H12BrNO2S. The molecule has 0 aliphatic heterocycles. The standard InChI is InChI=1S/C15H12BrNO2S/c1-11-6-8-14(9-7-11)20(18,19)15(17-2)12-4-3-5-13(16)10-12/h3-10,15H,1H3/t15-/m0/s1. The first kappa shape index (κ1) is 14.8. The number of hydrogen-bond donors (Lipinski definition) is 0. The summed E-state index contributed by atoms with van der Waals surface area (Å²) in [5, 5.41) is -1.22. The Hall–Kier alpha value is -1.64. The first-order valence-corrected chi connectivity index (χ1v) is 8.21. The summed E-state index contributed by atoms with van der Waals surface area (Å²) >= 11 is 3.29. The van der Waals surface area contributed by atoms with Gasteiger partial charge < -0.3 is 0 Å². The van der Waals surface area contributed by atoms with Gasteiger partial charge in [-0.15, -0.1) is 0 Å². The number of rotatable bonds is 3. The fourth-order valence-corrected chi connectivity index (χ4v) is 3.67. The molecule has 0 spiro atoms. The fourth-order valence-electron chi connectivity index (χ4n) is 1.84. The highest BCUT2D eigenvalue weighted by atomic mass is 79.9. The molecule has 20 heavy (non-hydrogen) atoms. The zero-order valence-electron chi connectivity index (χ0n) is 10.7. The Morgan fingerprint density at radius 3 is 2.35 bits per heavy atom. The Bertz CT molecular complexity index is 761. The molecule has 0 N–H and O–H groups in total. The summed E-state index contributed by atoms with van der Waals surface area (Å²) in [6.45, 7) is 9.13. The van der Waals surface area contributed by atoms with E-state index in [0.717, 1.165) is 10.0 Å². The van der Waals surface area contributed by atoms with Crippen LogP contribution in [-0.2, 0) is 9.84 Å². The van der Waals surface area contributed by atoms with Gasteiger partial charge in [0.2, 0.25) is 0 Å². The largest absolute Gasteiger partial charge is 0.350 e. The van der Waals surface area contributed by atoms with Gasteiger partial charge in [0.15, 0.2) is 0 Å². The fraction of sp³-hybridized carbons (Fsp3) is 0.133. The summed E-state index contributed by atoms with van der Waals surface area (Å²) in [5.41, 5.74) is 1.45. The van der Waals surface area contributed by atoms with Crippen LogP contribution in [0, 0.1) is 13.5 Å². The smallest absolute Gasteiger partial charge is 0.291 e. The van der Waals surface area contributed by atoms with Crippen LogP contribution in [0.4, 0.5) is 0 Å². The maximum atomic E-state index is 12.6. The lowest BCUT2D eigenvalue weighted by Gasteiger charge is -2.08. The molecule has 0 saturated heterocycles.